The van der Waals surface area contributed by atoms with E-state index in [1.165, 1.54) is 101 Å². The molecular weight excluding hydrogens is 1000 g/mol. The number of rotatable bonds is 22. The minimum Gasteiger partial charge on any atom is -0.459 e. The van der Waals surface area contributed by atoms with Gasteiger partial charge >= 0.3 is 47.8 Å². The molecule has 0 radical (unpaired) electrons. The van der Waals surface area contributed by atoms with E-state index in [1.54, 1.807) is 0 Å². The van der Waals surface area contributed by atoms with E-state index in [1.807, 2.05) is 0 Å². The maximum Gasteiger partial charge on any atom is 0.342 e. The van der Waals surface area contributed by atoms with Crippen LogP contribution in [-0.4, -0.2) is 74.2 Å². The molecule has 0 atom stereocenters. The van der Waals surface area contributed by atoms with Gasteiger partial charge in [-0.15, -0.1) is 0 Å². The quantitative estimate of drug-likeness (QED) is 0.0353. The summed E-state index contributed by atoms with van der Waals surface area (Å²) in [5.41, 5.74) is -0.296. The van der Waals surface area contributed by atoms with Crippen molar-refractivity contribution >= 4 is 47.8 Å². The number of hydrogen-bond acceptors (Lipinski definition) is 16. The van der Waals surface area contributed by atoms with E-state index in [0.717, 1.165) is 49.7 Å². The highest BCUT2D eigenvalue weighted by Gasteiger charge is 2.37. The van der Waals surface area contributed by atoms with Gasteiger partial charge in [0.2, 0.25) is 0 Å². The molecule has 0 aromatic heterocycles. The van der Waals surface area contributed by atoms with Crippen LogP contribution in [0.2, 0.25) is 0 Å². The molecule has 5 saturated carbocycles. The lowest BCUT2D eigenvalue weighted by Crippen LogP contribution is -2.31. The lowest BCUT2D eigenvalue weighted by molar-refractivity contribution is -0.145. The van der Waals surface area contributed by atoms with Gasteiger partial charge < -0.3 is 37.9 Å². The molecule has 78 heavy (non-hydrogen) atoms. The fourth-order valence-electron chi connectivity index (χ4n) is 12.6. The van der Waals surface area contributed by atoms with Crippen LogP contribution >= 0.6 is 0 Å². The van der Waals surface area contributed by atoms with Crippen LogP contribution < -0.4 is 18.9 Å². The molecule has 0 aliphatic heterocycles. The van der Waals surface area contributed by atoms with Gasteiger partial charge in [0.05, 0.1) is 23.7 Å². The Labute approximate surface area is 459 Å². The summed E-state index contributed by atoms with van der Waals surface area (Å²) in [4.78, 5) is 104. The standard InChI is InChI=1S/C62H80O16/c1-5-39-9-13-41(14-10-39)43-17-21-47(22-18-43)59(67)77-53-31-29-49(37-51(53)61(69)73-35-33-71-55(63)7-3)75-57(65)45-25-27-46(28-26-45)58(66)76-50-30-32-54(52(38-50)62(70)74-36-34-72-56(64)8-4)78-60(68)48-23-19-44(20-24-48)42-15-11-40(6-2)12-16-42/h7-8,29-32,37-48H,3-6,9-28,33-36H2,1-2H3. The van der Waals surface area contributed by atoms with Gasteiger partial charge in [-0.25, -0.2) is 19.2 Å². The third-order valence-electron chi connectivity index (χ3n) is 17.5. The van der Waals surface area contributed by atoms with E-state index < -0.39 is 59.6 Å². The van der Waals surface area contributed by atoms with E-state index in [-0.39, 0.29) is 98.1 Å². The highest BCUT2D eigenvalue weighted by atomic mass is 16.6. The Balaban J connectivity index is 0.931. The van der Waals surface area contributed by atoms with E-state index in [0.29, 0.717) is 49.4 Å². The molecule has 16 heteroatoms. The van der Waals surface area contributed by atoms with Crippen LogP contribution in [0.15, 0.2) is 61.7 Å². The maximum absolute atomic E-state index is 13.6. The zero-order chi connectivity index (χ0) is 55.6. The summed E-state index contributed by atoms with van der Waals surface area (Å²) in [5, 5.41) is 0. The summed E-state index contributed by atoms with van der Waals surface area (Å²) >= 11 is 0. The van der Waals surface area contributed by atoms with Crippen molar-refractivity contribution in [1.82, 2.24) is 0 Å². The van der Waals surface area contributed by atoms with Gasteiger partial charge in [-0.1, -0.05) is 65.5 Å². The van der Waals surface area contributed by atoms with Crippen LogP contribution in [-0.2, 0) is 47.7 Å². The number of carbonyl (C=O) groups is 8. The normalized spacial score (nSPS) is 26.1. The van der Waals surface area contributed by atoms with Crippen molar-refractivity contribution in [2.24, 2.45) is 59.2 Å². The zero-order valence-electron chi connectivity index (χ0n) is 45.7. The summed E-state index contributed by atoms with van der Waals surface area (Å²) in [7, 11) is 0. The van der Waals surface area contributed by atoms with Gasteiger partial charge in [-0.3, -0.25) is 19.2 Å². The molecule has 424 valence electrons. The average molecular weight is 1080 g/mol. The monoisotopic (exact) mass is 1080 g/mol. The largest absolute Gasteiger partial charge is 0.459 e. The molecule has 2 aromatic carbocycles. The molecule has 16 nitrogen and oxygen atoms in total. The lowest BCUT2D eigenvalue weighted by atomic mass is 9.69. The Morgan fingerprint density at radius 1 is 0.397 bits per heavy atom. The molecule has 0 saturated heterocycles. The van der Waals surface area contributed by atoms with Gasteiger partial charge in [0.1, 0.15) is 60.6 Å². The third kappa shape index (κ3) is 16.8. The van der Waals surface area contributed by atoms with Crippen LogP contribution in [0.5, 0.6) is 23.0 Å². The van der Waals surface area contributed by atoms with E-state index >= 15 is 0 Å². The smallest absolute Gasteiger partial charge is 0.342 e. The molecule has 0 amide bonds. The highest BCUT2D eigenvalue weighted by molar-refractivity contribution is 5.95. The number of ether oxygens (including phenoxy) is 8. The minimum absolute atomic E-state index is 0.0121. The van der Waals surface area contributed by atoms with Gasteiger partial charge in [0.15, 0.2) is 0 Å². The molecule has 5 fully saturated rings. The minimum atomic E-state index is -0.881. The van der Waals surface area contributed by atoms with Crippen molar-refractivity contribution in [3.8, 4) is 23.0 Å². The van der Waals surface area contributed by atoms with Crippen LogP contribution in [0.4, 0.5) is 0 Å². The first-order chi connectivity index (χ1) is 37.7. The molecule has 0 unspecified atom stereocenters. The Hall–Kier alpha value is -6.32. The van der Waals surface area contributed by atoms with E-state index in [9.17, 15) is 38.4 Å². The highest BCUT2D eigenvalue weighted by Crippen LogP contribution is 2.44. The summed E-state index contributed by atoms with van der Waals surface area (Å²) in [6.07, 6.45) is 22.2. The Bertz CT molecular complexity index is 2250. The Kier molecular flexibility index (Phi) is 22.5. The molecule has 5 aliphatic rings. The molecule has 0 N–H and O–H groups in total. The lowest BCUT2D eigenvalue weighted by Gasteiger charge is -2.37. The fourth-order valence-corrected chi connectivity index (χ4v) is 12.6. The summed E-state index contributed by atoms with van der Waals surface area (Å²) in [5.74, 6) is -2.92. The molecule has 5 aliphatic carbocycles. The Morgan fingerprint density at radius 2 is 0.679 bits per heavy atom. The average Bonchev–Trinajstić information content (AvgIpc) is 3.47. The van der Waals surface area contributed by atoms with Crippen molar-refractivity contribution < 1.29 is 76.3 Å². The van der Waals surface area contributed by atoms with E-state index in [2.05, 4.69) is 27.0 Å². The summed E-state index contributed by atoms with van der Waals surface area (Å²) < 4.78 is 43.9. The first-order valence-electron chi connectivity index (χ1n) is 28.8. The van der Waals surface area contributed by atoms with Gasteiger partial charge in [0, 0.05) is 12.2 Å². The summed E-state index contributed by atoms with van der Waals surface area (Å²) in [6, 6.07) is 8.23. The number of hydrogen-bond donors (Lipinski definition) is 0. The van der Waals surface area contributed by atoms with Crippen LogP contribution in [0.1, 0.15) is 176 Å². The van der Waals surface area contributed by atoms with Crippen molar-refractivity contribution in [3.63, 3.8) is 0 Å². The zero-order valence-corrected chi connectivity index (χ0v) is 45.7. The number of benzene rings is 2. The van der Waals surface area contributed by atoms with Gasteiger partial charge in [-0.05, 0) is 175 Å². The second-order valence-corrected chi connectivity index (χ2v) is 22.2. The first kappa shape index (κ1) is 59.3. The second kappa shape index (κ2) is 29.6. The van der Waals surface area contributed by atoms with Gasteiger partial charge in [0.25, 0.3) is 0 Å². The summed E-state index contributed by atoms with van der Waals surface area (Å²) in [6.45, 7) is 10.2. The molecule has 0 spiro atoms. The molecular formula is C62H80O16. The van der Waals surface area contributed by atoms with Gasteiger partial charge in [-0.2, -0.15) is 0 Å². The molecule has 2 aromatic rings. The number of carbonyl (C=O) groups excluding carboxylic acids is 8. The van der Waals surface area contributed by atoms with Crippen molar-refractivity contribution in [3.05, 3.63) is 72.8 Å². The first-order valence-corrected chi connectivity index (χ1v) is 28.8. The maximum atomic E-state index is 13.6. The van der Waals surface area contributed by atoms with Crippen LogP contribution in [0.3, 0.4) is 0 Å². The van der Waals surface area contributed by atoms with Crippen molar-refractivity contribution in [1.29, 1.82) is 0 Å². The topological polar surface area (TPSA) is 210 Å². The van der Waals surface area contributed by atoms with E-state index in [4.69, 9.17) is 37.9 Å². The van der Waals surface area contributed by atoms with Crippen molar-refractivity contribution in [2.45, 2.75) is 155 Å². The SMILES string of the molecule is C=CC(=O)OCCOC(=O)c1cc(OC(=O)C2CCC(C(=O)Oc3ccc(OC(=O)C4CCC(C5CCC(CC)CC5)CC4)c(C(=O)OCCOC(=O)C=C)c3)CC2)ccc1OC(=O)C1CCC(C2CCC(CC)CC2)CC1. The third-order valence-corrected chi connectivity index (χ3v) is 17.5. The van der Waals surface area contributed by atoms with Crippen LogP contribution in [0.25, 0.3) is 0 Å². The Morgan fingerprint density at radius 3 is 0.987 bits per heavy atom. The fraction of sp³-hybridized carbons (Fsp3) is 0.613. The predicted octanol–water partition coefficient (Wildman–Crippen LogP) is 11.6. The predicted molar refractivity (Wildman–Crippen MR) is 286 cm³/mol. The molecule has 7 rings (SSSR count). The molecule has 0 bridgehead atoms. The number of esters is 8. The second-order valence-electron chi connectivity index (χ2n) is 22.2. The van der Waals surface area contributed by atoms with Crippen LogP contribution in [0, 0.1) is 59.2 Å². The van der Waals surface area contributed by atoms with Crippen molar-refractivity contribution in [2.75, 3.05) is 26.4 Å². The molecule has 0 heterocycles.